The molecule has 1 aliphatic rings. The summed E-state index contributed by atoms with van der Waals surface area (Å²) in [5, 5.41) is 10.00. The van der Waals surface area contributed by atoms with E-state index in [1.165, 1.54) is 23.7 Å². The average Bonchev–Trinajstić information content (AvgIpc) is 3.48. The van der Waals surface area contributed by atoms with E-state index in [1.54, 1.807) is 25.2 Å². The lowest BCUT2D eigenvalue weighted by atomic mass is 10.1. The lowest BCUT2D eigenvalue weighted by molar-refractivity contribution is 0.0696. The van der Waals surface area contributed by atoms with Crippen molar-refractivity contribution in [1.82, 2.24) is 13.7 Å². The lowest BCUT2D eigenvalue weighted by Crippen LogP contribution is -2.37. The Labute approximate surface area is 211 Å². The fraction of sp³-hybridized carbons (Fsp3) is 0.115. The van der Waals surface area contributed by atoms with Gasteiger partial charge in [0.25, 0.3) is 5.56 Å². The Hall–Kier alpha value is -4.31. The van der Waals surface area contributed by atoms with Gasteiger partial charge in [-0.05, 0) is 51.8 Å². The van der Waals surface area contributed by atoms with Gasteiger partial charge in [-0.3, -0.25) is 13.9 Å². The van der Waals surface area contributed by atoms with Gasteiger partial charge in [0.2, 0.25) is 0 Å². The van der Waals surface area contributed by atoms with Crippen LogP contribution in [0.5, 0.6) is 5.75 Å². The van der Waals surface area contributed by atoms with Crippen molar-refractivity contribution < 1.29 is 19.1 Å². The topological polar surface area (TPSA) is 109 Å². The van der Waals surface area contributed by atoms with E-state index >= 15 is 0 Å². The summed E-state index contributed by atoms with van der Waals surface area (Å²) in [6, 6.07) is 17.3. The third-order valence-corrected chi connectivity index (χ3v) is 6.87. The first-order valence-electron chi connectivity index (χ1n) is 11.0. The second kappa shape index (κ2) is 7.85. The molecule has 0 unspecified atom stereocenters. The highest BCUT2D eigenvalue weighted by atomic mass is 79.9. The number of hydrogen-bond acceptors (Lipinski definition) is 5. The Balaban J connectivity index is 1.87. The molecule has 0 saturated heterocycles. The highest BCUT2D eigenvalue weighted by molar-refractivity contribution is 9.10. The predicted molar refractivity (Wildman–Crippen MR) is 135 cm³/mol. The van der Waals surface area contributed by atoms with Crippen molar-refractivity contribution in [2.24, 2.45) is 14.1 Å². The van der Waals surface area contributed by atoms with Crippen molar-refractivity contribution in [3.8, 4) is 22.7 Å². The molecule has 0 saturated carbocycles. The van der Waals surface area contributed by atoms with Crippen LogP contribution in [0.2, 0.25) is 0 Å². The van der Waals surface area contributed by atoms with Crippen molar-refractivity contribution in [3.63, 3.8) is 0 Å². The Morgan fingerprint density at radius 1 is 1.00 bits per heavy atom. The van der Waals surface area contributed by atoms with Crippen molar-refractivity contribution in [2.75, 3.05) is 0 Å². The highest BCUT2D eigenvalue weighted by Crippen LogP contribution is 2.47. The van der Waals surface area contributed by atoms with Crippen LogP contribution in [0.15, 0.2) is 79.3 Å². The fourth-order valence-corrected chi connectivity index (χ4v) is 5.15. The summed E-state index contributed by atoms with van der Waals surface area (Å²) < 4.78 is 17.0. The first-order valence-corrected chi connectivity index (χ1v) is 11.8. The van der Waals surface area contributed by atoms with Gasteiger partial charge in [0, 0.05) is 14.1 Å². The van der Waals surface area contributed by atoms with E-state index in [-0.39, 0.29) is 5.56 Å². The molecule has 180 valence electrons. The minimum Gasteiger partial charge on any atom is -0.478 e. The number of nitrogens with zero attached hydrogens (tertiary/aromatic N) is 3. The lowest BCUT2D eigenvalue weighted by Gasteiger charge is -2.29. The van der Waals surface area contributed by atoms with Gasteiger partial charge in [-0.1, -0.05) is 30.3 Å². The van der Waals surface area contributed by atoms with E-state index in [0.717, 1.165) is 10.1 Å². The largest absolute Gasteiger partial charge is 0.478 e. The first-order chi connectivity index (χ1) is 17.3. The van der Waals surface area contributed by atoms with Gasteiger partial charge < -0.3 is 18.8 Å². The summed E-state index contributed by atoms with van der Waals surface area (Å²) in [4.78, 5) is 38.5. The quantitative estimate of drug-likeness (QED) is 0.362. The first kappa shape index (κ1) is 22.2. The number of rotatable bonds is 3. The third kappa shape index (κ3) is 3.04. The number of aromatic carboxylic acids is 1. The van der Waals surface area contributed by atoms with Crippen LogP contribution in [0.4, 0.5) is 0 Å². The predicted octanol–water partition coefficient (Wildman–Crippen LogP) is 4.23. The Kier molecular flexibility index (Phi) is 4.84. The zero-order valence-corrected chi connectivity index (χ0v) is 20.6. The number of aromatic nitrogens is 3. The summed E-state index contributed by atoms with van der Waals surface area (Å²) >= 11 is 3.33. The molecule has 0 radical (unpaired) electrons. The van der Waals surface area contributed by atoms with Crippen molar-refractivity contribution in [3.05, 3.63) is 103 Å². The summed E-state index contributed by atoms with van der Waals surface area (Å²) in [6.07, 6.45) is -0.822. The fourth-order valence-electron chi connectivity index (χ4n) is 4.83. The van der Waals surface area contributed by atoms with Gasteiger partial charge in [-0.25, -0.2) is 9.59 Å². The SMILES string of the molecule is Cn1c(=O)c2c(-c3ccccc3)n3c(c2n(C)c1=O)[C@@H](c1ccc(Br)o1)Oc1ccc(C(=O)O)cc1-3. The monoisotopic (exact) mass is 547 g/mol. The molecule has 9 nitrogen and oxygen atoms in total. The molecule has 1 aliphatic heterocycles. The number of carboxylic acid groups (broad SMARTS) is 1. The minimum absolute atomic E-state index is 0.0565. The number of hydrogen-bond donors (Lipinski definition) is 1. The normalized spacial score (nSPS) is 14.4. The number of furan rings is 1. The molecular weight excluding hydrogens is 530 g/mol. The number of halogens is 1. The van der Waals surface area contributed by atoms with E-state index < -0.39 is 23.3 Å². The zero-order chi connectivity index (χ0) is 25.3. The van der Waals surface area contributed by atoms with Crippen LogP contribution in [0.25, 0.3) is 27.8 Å². The van der Waals surface area contributed by atoms with Crippen molar-refractivity contribution in [1.29, 1.82) is 0 Å². The van der Waals surface area contributed by atoms with Gasteiger partial charge >= 0.3 is 11.7 Å². The Morgan fingerprint density at radius 2 is 1.75 bits per heavy atom. The molecule has 4 heterocycles. The molecule has 0 spiro atoms. The standard InChI is InChI=1S/C26H18BrN3O6/c1-28-21-19(24(31)29(2)26(28)34)20(13-6-4-3-5-7-13)30-15-12-14(25(32)33)8-9-16(15)36-23(22(21)30)17-10-11-18(27)35-17/h3-12,23H,1-2H3,(H,32,33)/t23-/m1/s1. The number of carboxylic acids is 1. The maximum absolute atomic E-state index is 13.6. The van der Waals surface area contributed by atoms with Gasteiger partial charge in [0.15, 0.2) is 16.5 Å². The number of carbonyl (C=O) groups is 1. The minimum atomic E-state index is -1.10. The van der Waals surface area contributed by atoms with E-state index in [2.05, 4.69) is 15.9 Å². The van der Waals surface area contributed by atoms with Crippen molar-refractivity contribution >= 4 is 32.8 Å². The third-order valence-electron chi connectivity index (χ3n) is 6.45. The second-order valence-corrected chi connectivity index (χ2v) is 9.27. The molecule has 0 bridgehead atoms. The van der Waals surface area contributed by atoms with E-state index in [1.807, 2.05) is 34.9 Å². The molecular formula is C26H18BrN3O6. The van der Waals surface area contributed by atoms with Gasteiger partial charge in [-0.15, -0.1) is 0 Å². The molecule has 6 rings (SSSR count). The molecule has 10 heteroatoms. The summed E-state index contributed by atoms with van der Waals surface area (Å²) in [7, 11) is 3.03. The number of aryl methyl sites for hydroxylation is 1. The van der Waals surface area contributed by atoms with Crippen LogP contribution >= 0.6 is 15.9 Å². The maximum atomic E-state index is 13.6. The average molecular weight is 548 g/mol. The van der Waals surface area contributed by atoms with Gasteiger partial charge in [0.1, 0.15) is 5.75 Å². The summed E-state index contributed by atoms with van der Waals surface area (Å²) in [5.41, 5.74) is 1.65. The zero-order valence-electron chi connectivity index (χ0n) is 19.1. The molecule has 0 fully saturated rings. The molecule has 36 heavy (non-hydrogen) atoms. The molecule has 0 aliphatic carbocycles. The number of ether oxygens (including phenoxy) is 1. The van der Waals surface area contributed by atoms with E-state index in [4.69, 9.17) is 9.15 Å². The Bertz CT molecular complexity index is 1830. The molecule has 1 atom stereocenters. The molecule has 1 N–H and O–H groups in total. The number of benzene rings is 2. The van der Waals surface area contributed by atoms with Crippen LogP contribution in [-0.2, 0) is 14.1 Å². The van der Waals surface area contributed by atoms with Gasteiger partial charge in [-0.2, -0.15) is 0 Å². The second-order valence-electron chi connectivity index (χ2n) is 8.49. The molecule has 3 aromatic heterocycles. The van der Waals surface area contributed by atoms with Crippen LogP contribution < -0.4 is 16.0 Å². The summed E-state index contributed by atoms with van der Waals surface area (Å²) in [6.45, 7) is 0. The van der Waals surface area contributed by atoms with E-state index in [9.17, 15) is 19.5 Å². The van der Waals surface area contributed by atoms with Gasteiger partial charge in [0.05, 0.1) is 33.5 Å². The van der Waals surface area contributed by atoms with Crippen LogP contribution in [0, 0.1) is 0 Å². The van der Waals surface area contributed by atoms with Crippen LogP contribution in [0.3, 0.4) is 0 Å². The van der Waals surface area contributed by atoms with Crippen molar-refractivity contribution in [2.45, 2.75) is 6.10 Å². The number of fused-ring (bicyclic) bond motifs is 5. The molecule has 0 amide bonds. The molecule has 2 aromatic carbocycles. The highest BCUT2D eigenvalue weighted by Gasteiger charge is 2.38. The van der Waals surface area contributed by atoms with Crippen LogP contribution in [-0.4, -0.2) is 24.8 Å². The van der Waals surface area contributed by atoms with E-state index in [0.29, 0.717) is 44.2 Å². The Morgan fingerprint density at radius 3 is 2.42 bits per heavy atom. The smallest absolute Gasteiger partial charge is 0.335 e. The van der Waals surface area contributed by atoms with Crippen LogP contribution in [0.1, 0.15) is 27.9 Å². The maximum Gasteiger partial charge on any atom is 0.335 e. The molecule has 5 aromatic rings. The summed E-state index contributed by atoms with van der Waals surface area (Å²) in [5.74, 6) is -0.245.